The summed E-state index contributed by atoms with van der Waals surface area (Å²) < 4.78 is 64.9. The van der Waals surface area contributed by atoms with Gasteiger partial charge < -0.3 is 89.1 Å². The van der Waals surface area contributed by atoms with Crippen LogP contribution in [0.15, 0.2) is 24.3 Å². The van der Waals surface area contributed by atoms with E-state index in [2.05, 4.69) is 45.1 Å². The molecule has 0 aromatic rings. The molecule has 0 bridgehead atoms. The summed E-state index contributed by atoms with van der Waals surface area (Å²) in [7, 11) is -5.69. The topological polar surface area (TPSA) is 374 Å². The van der Waals surface area contributed by atoms with Gasteiger partial charge in [0.2, 0.25) is 0 Å². The molecule has 0 aromatic heterocycles. The minimum Gasteiger partial charge on any atom is -0.463 e. The number of esters is 3. The van der Waals surface area contributed by atoms with Gasteiger partial charge in [-0.3, -0.25) is 23.4 Å². The lowest BCUT2D eigenvalue weighted by molar-refractivity contribution is -0.360. The van der Waals surface area contributed by atoms with E-state index in [1.807, 2.05) is 0 Å². The Morgan fingerprint density at radius 1 is 0.396 bits per heavy atom. The lowest BCUT2D eigenvalue weighted by atomic mass is 9.84. The lowest BCUT2D eigenvalue weighted by Crippen LogP contribution is -2.69. The molecule has 2 heterocycles. The summed E-state index contributed by atoms with van der Waals surface area (Å²) in [5.74, 6) is -2.01. The molecule has 24 nitrogen and oxygen atoms in total. The van der Waals surface area contributed by atoms with Gasteiger partial charge >= 0.3 is 25.7 Å². The molecule has 3 rings (SSSR count). The summed E-state index contributed by atoms with van der Waals surface area (Å²) in [5.41, 5.74) is 0. The van der Waals surface area contributed by atoms with Crippen LogP contribution in [0.25, 0.3) is 0 Å². The Hall–Kier alpha value is -2.56. The van der Waals surface area contributed by atoms with Crippen LogP contribution in [0.4, 0.5) is 0 Å². The second kappa shape index (κ2) is 53.3. The zero-order chi connectivity index (χ0) is 70.4. The van der Waals surface area contributed by atoms with Gasteiger partial charge in [-0.1, -0.05) is 212 Å². The third-order valence-corrected chi connectivity index (χ3v) is 19.2. The molecule has 2 aliphatic heterocycles. The second-order valence-corrected chi connectivity index (χ2v) is 28.1. The number of unbranched alkanes of at least 4 members (excludes halogenated alkanes) is 32. The van der Waals surface area contributed by atoms with Crippen molar-refractivity contribution in [2.24, 2.45) is 0 Å². The van der Waals surface area contributed by atoms with Gasteiger partial charge in [0.05, 0.1) is 13.2 Å². The molecule has 1 aliphatic carbocycles. The number of aliphatic hydroxyl groups excluding tert-OH is 10. The quantitative estimate of drug-likeness (QED) is 0.00886. The Bertz CT molecular complexity index is 2090. The Morgan fingerprint density at radius 3 is 1.15 bits per heavy atom. The van der Waals surface area contributed by atoms with E-state index in [4.69, 9.17) is 42.2 Å². The molecule has 2 saturated heterocycles. The van der Waals surface area contributed by atoms with E-state index in [1.165, 1.54) is 103 Å². The predicted molar refractivity (Wildman–Crippen MR) is 361 cm³/mol. The van der Waals surface area contributed by atoms with Crippen molar-refractivity contribution in [3.8, 4) is 0 Å². The molecule has 562 valence electrons. The van der Waals surface area contributed by atoms with Crippen LogP contribution in [0, 0.1) is 0 Å². The fraction of sp³-hybridized carbons (Fsp3) is 0.901. The summed E-state index contributed by atoms with van der Waals surface area (Å²) in [6, 6.07) is 0. The number of aliphatic hydroxyl groups is 10. The normalized spacial score (nSPS) is 28.1. The number of ether oxygens (including phenoxy) is 7. The Labute approximate surface area is 573 Å². The first-order valence-electron chi connectivity index (χ1n) is 37.1. The maximum Gasteiger partial charge on any atom is 0.472 e. The number of phosphoric ester groups is 1. The van der Waals surface area contributed by atoms with Crippen LogP contribution in [0.5, 0.6) is 0 Å². The van der Waals surface area contributed by atoms with Crippen LogP contribution >= 0.6 is 7.82 Å². The van der Waals surface area contributed by atoms with E-state index in [9.17, 15) is 74.9 Å². The molecule has 3 fully saturated rings. The minimum atomic E-state index is -5.69. The van der Waals surface area contributed by atoms with Crippen LogP contribution in [-0.4, -0.2) is 204 Å². The van der Waals surface area contributed by atoms with Crippen molar-refractivity contribution in [2.75, 3.05) is 26.4 Å². The van der Waals surface area contributed by atoms with Gasteiger partial charge in [-0.15, -0.1) is 0 Å². The largest absolute Gasteiger partial charge is 0.472 e. The van der Waals surface area contributed by atoms with Crippen LogP contribution in [0.3, 0.4) is 0 Å². The second-order valence-electron chi connectivity index (χ2n) is 26.7. The van der Waals surface area contributed by atoms with E-state index in [0.29, 0.717) is 19.3 Å². The first kappa shape index (κ1) is 87.7. The third kappa shape index (κ3) is 36.4. The van der Waals surface area contributed by atoms with Gasteiger partial charge in [-0.2, -0.15) is 0 Å². The number of carbonyl (C=O) groups excluding carboxylic acids is 3. The summed E-state index contributed by atoms with van der Waals surface area (Å²) in [4.78, 5) is 50.9. The van der Waals surface area contributed by atoms with E-state index >= 15 is 0 Å². The molecule has 1 saturated carbocycles. The molecule has 96 heavy (non-hydrogen) atoms. The average molecular weight is 1400 g/mol. The van der Waals surface area contributed by atoms with E-state index in [-0.39, 0.29) is 19.3 Å². The highest BCUT2D eigenvalue weighted by Crippen LogP contribution is 2.49. The van der Waals surface area contributed by atoms with Gasteiger partial charge in [0.15, 0.2) is 18.7 Å². The Kier molecular flexibility index (Phi) is 48.7. The van der Waals surface area contributed by atoms with E-state index in [0.717, 1.165) is 116 Å². The molecule has 11 N–H and O–H groups in total. The number of hydrogen-bond acceptors (Lipinski definition) is 23. The molecule has 3 aliphatic rings. The van der Waals surface area contributed by atoms with Crippen molar-refractivity contribution in [3.63, 3.8) is 0 Å². The third-order valence-electron chi connectivity index (χ3n) is 18.2. The van der Waals surface area contributed by atoms with Crippen LogP contribution in [0.2, 0.25) is 0 Å². The maximum absolute atomic E-state index is 14.3. The zero-order valence-electron chi connectivity index (χ0n) is 58.4. The fourth-order valence-electron chi connectivity index (χ4n) is 12.1. The monoisotopic (exact) mass is 1400 g/mol. The van der Waals surface area contributed by atoms with Gasteiger partial charge in [0.25, 0.3) is 0 Å². The highest BCUT2D eigenvalue weighted by Gasteiger charge is 2.58. The van der Waals surface area contributed by atoms with Crippen LogP contribution < -0.4 is 0 Å². The zero-order valence-corrected chi connectivity index (χ0v) is 59.3. The molecular weight excluding hydrogens is 1270 g/mol. The molecule has 25 heteroatoms. The average Bonchev–Trinajstić information content (AvgIpc) is 0.767. The van der Waals surface area contributed by atoms with Gasteiger partial charge in [0, 0.05) is 19.3 Å². The molecule has 18 atom stereocenters. The predicted octanol–water partition coefficient (Wildman–Crippen LogP) is 9.74. The maximum atomic E-state index is 14.3. The first-order chi connectivity index (χ1) is 46.3. The van der Waals surface area contributed by atoms with Crippen LogP contribution in [-0.2, 0) is 61.2 Å². The van der Waals surface area contributed by atoms with Crippen molar-refractivity contribution in [3.05, 3.63) is 24.3 Å². The van der Waals surface area contributed by atoms with Crippen LogP contribution in [0.1, 0.15) is 278 Å². The summed E-state index contributed by atoms with van der Waals surface area (Å²) in [6.45, 7) is 3.40. The number of phosphoric acid groups is 1. The number of rotatable bonds is 57. The van der Waals surface area contributed by atoms with E-state index < -0.39 is 156 Å². The first-order valence-corrected chi connectivity index (χ1v) is 38.6. The fourth-order valence-corrected chi connectivity index (χ4v) is 13.1. The smallest absolute Gasteiger partial charge is 0.463 e. The molecular formula is C71H129O24P. The van der Waals surface area contributed by atoms with Crippen molar-refractivity contribution < 1.29 is 117 Å². The van der Waals surface area contributed by atoms with Crippen molar-refractivity contribution in [1.29, 1.82) is 0 Å². The molecule has 18 unspecified atom stereocenters. The minimum absolute atomic E-state index is 0.00837. The lowest BCUT2D eigenvalue weighted by Gasteiger charge is -2.49. The van der Waals surface area contributed by atoms with E-state index in [1.54, 1.807) is 0 Å². The SMILES string of the molecule is CCCCCC/C=C\CCCCCCCCCC(=O)OCC(COP(=O)(O)OC1C(OC2OC(CO)C(O)C(O)C2O)C(O)C(O)C(O)C1OC1OC(COC(=O)CCCCC/C=C\CCCCCCCCC)C(O)C(O)C1O)OC(=O)CCCCCCCCCCCCCC. The summed E-state index contributed by atoms with van der Waals surface area (Å²) in [5, 5.41) is 110. The van der Waals surface area contributed by atoms with Crippen molar-refractivity contribution in [2.45, 2.75) is 382 Å². The highest BCUT2D eigenvalue weighted by molar-refractivity contribution is 7.47. The molecule has 0 aromatic carbocycles. The number of hydrogen-bond donors (Lipinski definition) is 11. The standard InChI is InChI=1S/C71H129O24P/c1-4-7-10-13-16-19-22-25-27-29-32-33-36-39-42-45-55(73)87-49-52(90-57(75)47-44-41-38-35-30-24-21-18-15-12-9-6-3)50-89-96(85,86)95-69-67(93-70-65(83)60(78)58(76)53(48-72)91-70)63(81)62(80)64(82)68(69)94-71-66(84)61(79)59(77)54(92-71)51-88-56(74)46-43-40-37-34-31-28-26-23-20-17-14-11-8-5-2/h19,22,28,31,52-54,58-72,76-84H,4-18,20-21,23-27,29-30,32-51H2,1-3H3,(H,85,86)/b22-19-,31-28-. The summed E-state index contributed by atoms with van der Waals surface area (Å²) in [6.07, 6.45) is 12.5. The highest BCUT2D eigenvalue weighted by atomic mass is 31.2. The molecule has 0 spiro atoms. The molecule has 0 amide bonds. The summed E-state index contributed by atoms with van der Waals surface area (Å²) >= 11 is 0. The Morgan fingerprint density at radius 2 is 0.729 bits per heavy atom. The van der Waals surface area contributed by atoms with Gasteiger partial charge in [-0.25, -0.2) is 4.57 Å². The Balaban J connectivity index is 1.74. The van der Waals surface area contributed by atoms with Gasteiger partial charge in [0.1, 0.15) is 98.7 Å². The van der Waals surface area contributed by atoms with Gasteiger partial charge in [-0.05, 0) is 70.6 Å². The molecule has 0 radical (unpaired) electrons. The number of carbonyl (C=O) groups is 3. The number of allylic oxidation sites excluding steroid dienone is 4. The van der Waals surface area contributed by atoms with Crippen molar-refractivity contribution >= 4 is 25.7 Å². The van der Waals surface area contributed by atoms with Crippen molar-refractivity contribution in [1.82, 2.24) is 0 Å².